The highest BCUT2D eigenvalue weighted by molar-refractivity contribution is 7.18. The molecular weight excluding hydrogens is 422 g/mol. The van der Waals surface area contributed by atoms with Gasteiger partial charge in [0, 0.05) is 10.9 Å². The Morgan fingerprint density at radius 3 is 2.73 bits per heavy atom. The van der Waals surface area contributed by atoms with E-state index in [0.717, 1.165) is 22.6 Å². The lowest BCUT2D eigenvalue weighted by Gasteiger charge is -2.07. The molecule has 0 saturated heterocycles. The van der Waals surface area contributed by atoms with Gasteiger partial charge in [0.25, 0.3) is 11.8 Å². The molecule has 2 amide bonds. The summed E-state index contributed by atoms with van der Waals surface area (Å²) >= 11 is 2.50. The summed E-state index contributed by atoms with van der Waals surface area (Å²) in [5, 5.41) is 8.41. The molecule has 0 radical (unpaired) electrons. The molecule has 0 aliphatic carbocycles. The van der Waals surface area contributed by atoms with Crippen molar-refractivity contribution in [2.45, 2.75) is 6.92 Å². The topological polar surface area (TPSA) is 93.5 Å². The number of hydrogen-bond donors (Lipinski definition) is 2. The van der Waals surface area contributed by atoms with Crippen molar-refractivity contribution in [3.63, 3.8) is 0 Å². The predicted molar refractivity (Wildman–Crippen MR) is 118 cm³/mol. The Morgan fingerprint density at radius 2 is 1.97 bits per heavy atom. The van der Waals surface area contributed by atoms with Crippen molar-refractivity contribution in [3.8, 4) is 17.0 Å². The number of ether oxygens (including phenoxy) is 1. The van der Waals surface area contributed by atoms with Crippen molar-refractivity contribution >= 4 is 44.6 Å². The molecule has 3 aromatic heterocycles. The van der Waals surface area contributed by atoms with E-state index in [1.165, 1.54) is 28.9 Å². The zero-order valence-corrected chi connectivity index (χ0v) is 17.7. The highest BCUT2D eigenvalue weighted by Crippen LogP contribution is 2.33. The van der Waals surface area contributed by atoms with Gasteiger partial charge in [-0.1, -0.05) is 11.6 Å². The third-order valence-corrected chi connectivity index (χ3v) is 5.92. The van der Waals surface area contributed by atoms with Gasteiger partial charge >= 0.3 is 0 Å². The summed E-state index contributed by atoms with van der Waals surface area (Å²) in [6.07, 6.45) is 1.43. The number of nitrogens with one attached hydrogen (secondary N) is 2. The van der Waals surface area contributed by atoms with E-state index in [4.69, 9.17) is 9.15 Å². The predicted octanol–water partition coefficient (Wildman–Crippen LogP) is 5.29. The number of methoxy groups -OCH3 is 1. The lowest BCUT2D eigenvalue weighted by Crippen LogP contribution is -2.10. The van der Waals surface area contributed by atoms with Gasteiger partial charge in [0.15, 0.2) is 10.9 Å². The van der Waals surface area contributed by atoms with E-state index in [9.17, 15) is 9.59 Å². The van der Waals surface area contributed by atoms with Crippen LogP contribution in [-0.4, -0.2) is 23.9 Å². The van der Waals surface area contributed by atoms with Crippen molar-refractivity contribution in [1.29, 1.82) is 0 Å². The van der Waals surface area contributed by atoms with Crippen LogP contribution in [-0.2, 0) is 0 Å². The Balaban J connectivity index is 1.45. The lowest BCUT2D eigenvalue weighted by molar-refractivity contribution is 0.0995. The number of aryl methyl sites for hydroxylation is 1. The molecule has 0 unspecified atom stereocenters. The average molecular weight is 440 g/mol. The molecule has 2 N–H and O–H groups in total. The maximum atomic E-state index is 12.6. The summed E-state index contributed by atoms with van der Waals surface area (Å²) in [4.78, 5) is 29.6. The second-order valence-electron chi connectivity index (χ2n) is 6.29. The van der Waals surface area contributed by atoms with E-state index in [2.05, 4.69) is 15.6 Å². The third-order valence-electron chi connectivity index (χ3n) is 4.17. The van der Waals surface area contributed by atoms with Gasteiger partial charge in [-0.3, -0.25) is 14.9 Å². The van der Waals surface area contributed by atoms with Crippen LogP contribution in [0.25, 0.3) is 11.3 Å². The summed E-state index contributed by atoms with van der Waals surface area (Å²) < 4.78 is 10.5. The number of thiophene rings is 1. The number of benzene rings is 1. The number of rotatable bonds is 6. The maximum Gasteiger partial charge on any atom is 0.291 e. The number of nitrogens with zero attached hydrogens (tertiary/aromatic N) is 1. The fourth-order valence-corrected chi connectivity index (χ4v) is 4.25. The molecule has 0 bridgehead atoms. The number of aromatic nitrogens is 1. The van der Waals surface area contributed by atoms with Crippen LogP contribution in [0.15, 0.2) is 58.5 Å². The molecule has 4 aromatic rings. The Kier molecular flexibility index (Phi) is 5.64. The molecule has 0 aliphatic heterocycles. The second kappa shape index (κ2) is 8.52. The normalized spacial score (nSPS) is 10.6. The van der Waals surface area contributed by atoms with Crippen molar-refractivity contribution in [2.24, 2.45) is 0 Å². The molecule has 9 heteroatoms. The number of carbonyl (C=O) groups excluding carboxylic acids is 2. The second-order valence-corrected chi connectivity index (χ2v) is 8.23. The first-order chi connectivity index (χ1) is 14.5. The SMILES string of the molecule is COc1ccc(C)cc1-c1csc(NC(=O)c2ccc(NC(=O)c3ccco3)s2)n1. The Hall–Kier alpha value is -3.43. The minimum absolute atomic E-state index is 0.205. The van der Waals surface area contributed by atoms with Crippen molar-refractivity contribution < 1.29 is 18.7 Å². The molecule has 152 valence electrons. The van der Waals surface area contributed by atoms with E-state index in [-0.39, 0.29) is 17.6 Å². The summed E-state index contributed by atoms with van der Waals surface area (Å²) in [6.45, 7) is 2.00. The van der Waals surface area contributed by atoms with Gasteiger partial charge in [-0.15, -0.1) is 22.7 Å². The third kappa shape index (κ3) is 4.27. The minimum Gasteiger partial charge on any atom is -0.496 e. The van der Waals surface area contributed by atoms with E-state index in [1.54, 1.807) is 31.4 Å². The van der Waals surface area contributed by atoms with Gasteiger partial charge < -0.3 is 14.5 Å². The van der Waals surface area contributed by atoms with Crippen LogP contribution >= 0.6 is 22.7 Å². The standard InChI is InChI=1S/C21H17N3O4S2/c1-12-5-6-15(27-2)13(10-12)14-11-29-21(22-14)24-20(26)17-7-8-18(30-17)23-19(25)16-4-3-9-28-16/h3-11H,1-2H3,(H,23,25)(H,22,24,26). The zero-order valence-electron chi connectivity index (χ0n) is 16.1. The Morgan fingerprint density at radius 1 is 1.10 bits per heavy atom. The number of anilines is 2. The van der Waals surface area contributed by atoms with E-state index < -0.39 is 0 Å². The molecule has 0 atom stereocenters. The summed E-state index contributed by atoms with van der Waals surface area (Å²) in [7, 11) is 1.61. The first kappa shape index (κ1) is 19.9. The molecular formula is C21H17N3O4S2. The van der Waals surface area contributed by atoms with E-state index in [1.807, 2.05) is 30.5 Å². The first-order valence-electron chi connectivity index (χ1n) is 8.90. The van der Waals surface area contributed by atoms with E-state index >= 15 is 0 Å². The van der Waals surface area contributed by atoms with Gasteiger partial charge in [-0.2, -0.15) is 0 Å². The van der Waals surface area contributed by atoms with Crippen molar-refractivity contribution in [2.75, 3.05) is 17.7 Å². The molecule has 0 fully saturated rings. The Labute approximate surface area is 180 Å². The summed E-state index contributed by atoms with van der Waals surface area (Å²) in [5.41, 5.74) is 2.69. The highest BCUT2D eigenvalue weighted by Gasteiger charge is 2.16. The number of thiazole rings is 1. The van der Waals surface area contributed by atoms with Crippen LogP contribution in [0.5, 0.6) is 5.75 Å². The Bertz CT molecular complexity index is 1190. The van der Waals surface area contributed by atoms with Gasteiger partial charge in [-0.25, -0.2) is 4.98 Å². The van der Waals surface area contributed by atoms with Gasteiger partial charge in [0.2, 0.25) is 0 Å². The monoisotopic (exact) mass is 439 g/mol. The largest absolute Gasteiger partial charge is 0.496 e. The van der Waals surface area contributed by atoms with Crippen LogP contribution in [0.4, 0.5) is 10.1 Å². The highest BCUT2D eigenvalue weighted by atomic mass is 32.1. The van der Waals surface area contributed by atoms with Crippen LogP contribution < -0.4 is 15.4 Å². The number of furan rings is 1. The van der Waals surface area contributed by atoms with Gasteiger partial charge in [0.1, 0.15) is 5.75 Å². The summed E-state index contributed by atoms with van der Waals surface area (Å²) in [6, 6.07) is 12.4. The molecule has 1 aromatic carbocycles. The van der Waals surface area contributed by atoms with Crippen LogP contribution in [0.1, 0.15) is 25.8 Å². The fourth-order valence-electron chi connectivity index (χ4n) is 2.74. The number of hydrogen-bond acceptors (Lipinski definition) is 7. The number of amides is 2. The molecule has 0 spiro atoms. The van der Waals surface area contributed by atoms with Crippen molar-refractivity contribution in [3.05, 3.63) is 70.3 Å². The molecule has 0 aliphatic rings. The van der Waals surface area contributed by atoms with E-state index in [0.29, 0.717) is 15.0 Å². The summed E-state index contributed by atoms with van der Waals surface area (Å²) in [5.74, 6) is 0.261. The fraction of sp³-hybridized carbons (Fsp3) is 0.0952. The van der Waals surface area contributed by atoms with Crippen LogP contribution in [0, 0.1) is 6.92 Å². The molecule has 7 nitrogen and oxygen atoms in total. The molecule has 3 heterocycles. The molecule has 0 saturated carbocycles. The van der Waals surface area contributed by atoms with Crippen LogP contribution in [0.3, 0.4) is 0 Å². The molecule has 30 heavy (non-hydrogen) atoms. The van der Waals surface area contributed by atoms with Gasteiger partial charge in [0.05, 0.1) is 28.9 Å². The smallest absolute Gasteiger partial charge is 0.291 e. The number of carbonyl (C=O) groups is 2. The zero-order chi connectivity index (χ0) is 21.1. The maximum absolute atomic E-state index is 12.6. The van der Waals surface area contributed by atoms with Gasteiger partial charge in [-0.05, 0) is 43.3 Å². The van der Waals surface area contributed by atoms with Crippen LogP contribution in [0.2, 0.25) is 0 Å². The van der Waals surface area contributed by atoms with Crippen molar-refractivity contribution in [1.82, 2.24) is 4.98 Å². The quantitative estimate of drug-likeness (QED) is 0.426. The average Bonchev–Trinajstić information content (AvgIpc) is 3.49. The lowest BCUT2D eigenvalue weighted by atomic mass is 10.1. The minimum atomic E-state index is -0.370. The molecule has 4 rings (SSSR count). The first-order valence-corrected chi connectivity index (χ1v) is 10.6.